The van der Waals surface area contributed by atoms with Crippen LogP contribution in [-0.4, -0.2) is 14.7 Å². The summed E-state index contributed by atoms with van der Waals surface area (Å²) in [5.74, 6) is 0. The third kappa shape index (κ3) is 3.43. The van der Waals surface area contributed by atoms with Crippen LogP contribution in [0.25, 0.3) is 0 Å². The zero-order valence-corrected chi connectivity index (χ0v) is 11.0. The third-order valence-electron chi connectivity index (χ3n) is 3.02. The average molecular weight is 255 g/mol. The largest absolute Gasteiger partial charge is 0.388 e. The Morgan fingerprint density at radius 1 is 1.47 bits per heavy atom. The van der Waals surface area contributed by atoms with Gasteiger partial charge in [0.15, 0.2) is 0 Å². The number of rotatable bonds is 5. The minimum atomic E-state index is -0.390. The Morgan fingerprint density at radius 2 is 2.32 bits per heavy atom. The first-order valence-electron chi connectivity index (χ1n) is 6.41. The summed E-state index contributed by atoms with van der Waals surface area (Å²) >= 11 is 0. The molecule has 0 aliphatic heterocycles. The van der Waals surface area contributed by atoms with Crippen molar-refractivity contribution in [1.82, 2.24) is 9.55 Å². The molecule has 1 atom stereocenters. The number of pyridine rings is 1. The molecule has 2 rings (SSSR count). The Morgan fingerprint density at radius 3 is 3.05 bits per heavy atom. The number of aromatic nitrogens is 2. The highest BCUT2D eigenvalue weighted by molar-refractivity contribution is 5.26. The lowest BCUT2D eigenvalue weighted by molar-refractivity contribution is 0.166. The van der Waals surface area contributed by atoms with E-state index in [0.717, 1.165) is 24.0 Å². The summed E-state index contributed by atoms with van der Waals surface area (Å²) in [7, 11) is 0. The molecule has 1 unspecified atom stereocenters. The molecule has 4 heteroatoms. The predicted octanol–water partition coefficient (Wildman–Crippen LogP) is 2.64. The maximum atomic E-state index is 9.92. The molecular weight excluding hydrogens is 238 g/mol. The maximum Gasteiger partial charge on any atom is 0.140 e. The number of nitriles is 1. The van der Waals surface area contributed by atoms with Crippen LogP contribution in [0, 0.1) is 11.3 Å². The molecule has 0 spiro atoms. The van der Waals surface area contributed by atoms with Gasteiger partial charge in [-0.1, -0.05) is 13.3 Å². The van der Waals surface area contributed by atoms with E-state index in [1.165, 1.54) is 0 Å². The fraction of sp³-hybridized carbons (Fsp3) is 0.333. The molecule has 0 amide bonds. The molecule has 19 heavy (non-hydrogen) atoms. The van der Waals surface area contributed by atoms with E-state index in [4.69, 9.17) is 5.26 Å². The first-order chi connectivity index (χ1) is 9.22. The Balaban J connectivity index is 2.09. The molecule has 4 nitrogen and oxygen atoms in total. The van der Waals surface area contributed by atoms with Gasteiger partial charge in [0, 0.05) is 25.1 Å². The van der Waals surface area contributed by atoms with Crippen LogP contribution < -0.4 is 0 Å². The minimum Gasteiger partial charge on any atom is -0.388 e. The second kappa shape index (κ2) is 6.17. The van der Waals surface area contributed by atoms with Crippen molar-refractivity contribution >= 4 is 0 Å². The van der Waals surface area contributed by atoms with Gasteiger partial charge in [0.05, 0.1) is 6.10 Å². The standard InChI is InChI=1S/C15H17N3O/c1-2-3-15(19)13-5-7-18(11-13)10-12-4-6-17-14(8-12)9-16/h4-8,11,15,19H,2-3,10H2,1H3. The molecule has 0 saturated carbocycles. The van der Waals surface area contributed by atoms with Crippen molar-refractivity contribution < 1.29 is 5.11 Å². The van der Waals surface area contributed by atoms with Crippen molar-refractivity contribution in [3.05, 3.63) is 53.6 Å². The molecule has 2 aromatic rings. The van der Waals surface area contributed by atoms with Crippen LogP contribution in [0.2, 0.25) is 0 Å². The molecule has 0 radical (unpaired) electrons. The first kappa shape index (κ1) is 13.3. The molecule has 2 heterocycles. The highest BCUT2D eigenvalue weighted by Gasteiger charge is 2.08. The maximum absolute atomic E-state index is 9.92. The van der Waals surface area contributed by atoms with Crippen molar-refractivity contribution in [3.8, 4) is 6.07 Å². The van der Waals surface area contributed by atoms with Crippen molar-refractivity contribution in [1.29, 1.82) is 5.26 Å². The van der Waals surface area contributed by atoms with E-state index in [1.807, 2.05) is 35.2 Å². The predicted molar refractivity (Wildman–Crippen MR) is 72.4 cm³/mol. The number of nitrogens with zero attached hydrogens (tertiary/aromatic N) is 3. The van der Waals surface area contributed by atoms with E-state index in [-0.39, 0.29) is 0 Å². The summed E-state index contributed by atoms with van der Waals surface area (Å²) in [6.45, 7) is 2.73. The van der Waals surface area contributed by atoms with Crippen molar-refractivity contribution in [2.45, 2.75) is 32.4 Å². The molecule has 0 fully saturated rings. The zero-order chi connectivity index (χ0) is 13.7. The number of hydrogen-bond acceptors (Lipinski definition) is 3. The van der Waals surface area contributed by atoms with Gasteiger partial charge in [0.2, 0.25) is 0 Å². The van der Waals surface area contributed by atoms with Gasteiger partial charge in [0.1, 0.15) is 11.8 Å². The van der Waals surface area contributed by atoms with Crippen LogP contribution in [0.15, 0.2) is 36.8 Å². The van der Waals surface area contributed by atoms with Crippen molar-refractivity contribution in [2.75, 3.05) is 0 Å². The SMILES string of the molecule is CCCC(O)c1ccn(Cc2ccnc(C#N)c2)c1. The Hall–Kier alpha value is -2.12. The monoisotopic (exact) mass is 255 g/mol. The third-order valence-corrected chi connectivity index (χ3v) is 3.02. The lowest BCUT2D eigenvalue weighted by atomic mass is 10.1. The van der Waals surface area contributed by atoms with Gasteiger partial charge in [-0.3, -0.25) is 0 Å². The summed E-state index contributed by atoms with van der Waals surface area (Å²) < 4.78 is 2.00. The summed E-state index contributed by atoms with van der Waals surface area (Å²) in [6.07, 6.45) is 6.89. The Labute approximate surface area is 113 Å². The fourth-order valence-electron chi connectivity index (χ4n) is 2.04. The van der Waals surface area contributed by atoms with Gasteiger partial charge in [-0.05, 0) is 35.7 Å². The molecule has 0 aliphatic carbocycles. The zero-order valence-electron chi connectivity index (χ0n) is 11.0. The van der Waals surface area contributed by atoms with Crippen molar-refractivity contribution in [2.24, 2.45) is 0 Å². The highest BCUT2D eigenvalue weighted by atomic mass is 16.3. The topological polar surface area (TPSA) is 61.8 Å². The first-order valence-corrected chi connectivity index (χ1v) is 6.41. The molecule has 0 saturated heterocycles. The van der Waals surface area contributed by atoms with Crippen LogP contribution in [0.5, 0.6) is 0 Å². The minimum absolute atomic E-state index is 0.390. The van der Waals surface area contributed by atoms with Gasteiger partial charge in [0.25, 0.3) is 0 Å². The number of aliphatic hydroxyl groups excluding tert-OH is 1. The van der Waals surface area contributed by atoms with Crippen LogP contribution in [0.4, 0.5) is 0 Å². The number of hydrogen-bond donors (Lipinski definition) is 1. The van der Waals surface area contributed by atoms with Crippen LogP contribution in [0.3, 0.4) is 0 Å². The average Bonchev–Trinajstić information content (AvgIpc) is 2.88. The summed E-state index contributed by atoms with van der Waals surface area (Å²) in [6, 6.07) is 7.64. The van der Waals surface area contributed by atoms with Crippen LogP contribution >= 0.6 is 0 Å². The van der Waals surface area contributed by atoms with Gasteiger partial charge < -0.3 is 9.67 Å². The lowest BCUT2D eigenvalue weighted by Crippen LogP contribution is -1.99. The van der Waals surface area contributed by atoms with Gasteiger partial charge in [-0.15, -0.1) is 0 Å². The van der Waals surface area contributed by atoms with E-state index in [1.54, 1.807) is 12.3 Å². The van der Waals surface area contributed by atoms with E-state index in [2.05, 4.69) is 11.9 Å². The highest BCUT2D eigenvalue weighted by Crippen LogP contribution is 2.18. The van der Waals surface area contributed by atoms with Crippen LogP contribution in [-0.2, 0) is 6.54 Å². The second-order valence-electron chi connectivity index (χ2n) is 4.58. The van der Waals surface area contributed by atoms with Gasteiger partial charge >= 0.3 is 0 Å². The molecule has 0 aromatic carbocycles. The second-order valence-corrected chi connectivity index (χ2v) is 4.58. The van der Waals surface area contributed by atoms with E-state index in [0.29, 0.717) is 12.2 Å². The smallest absolute Gasteiger partial charge is 0.140 e. The Bertz CT molecular complexity index is 583. The molecule has 1 N–H and O–H groups in total. The van der Waals surface area contributed by atoms with E-state index < -0.39 is 6.10 Å². The summed E-state index contributed by atoms with van der Waals surface area (Å²) in [5, 5.41) is 18.7. The van der Waals surface area contributed by atoms with Gasteiger partial charge in [-0.2, -0.15) is 5.26 Å². The van der Waals surface area contributed by atoms with E-state index in [9.17, 15) is 5.11 Å². The normalized spacial score (nSPS) is 12.1. The fourth-order valence-corrected chi connectivity index (χ4v) is 2.04. The van der Waals surface area contributed by atoms with Crippen molar-refractivity contribution in [3.63, 3.8) is 0 Å². The number of aliphatic hydroxyl groups is 1. The molecule has 0 aliphatic rings. The van der Waals surface area contributed by atoms with Gasteiger partial charge in [-0.25, -0.2) is 4.98 Å². The molecule has 0 bridgehead atoms. The summed E-state index contributed by atoms with van der Waals surface area (Å²) in [5.41, 5.74) is 2.39. The quantitative estimate of drug-likeness (QED) is 0.893. The Kier molecular flexibility index (Phi) is 4.32. The summed E-state index contributed by atoms with van der Waals surface area (Å²) in [4.78, 5) is 3.95. The van der Waals surface area contributed by atoms with E-state index >= 15 is 0 Å². The lowest BCUT2D eigenvalue weighted by Gasteiger charge is -2.06. The molecular formula is C15H17N3O. The van der Waals surface area contributed by atoms with Crippen LogP contribution in [0.1, 0.15) is 42.7 Å². The molecule has 98 valence electrons. The molecule has 2 aromatic heterocycles.